The first-order valence-corrected chi connectivity index (χ1v) is 11.6. The number of hydrogen-bond donors (Lipinski definition) is 1. The number of aromatic amines is 1. The summed E-state index contributed by atoms with van der Waals surface area (Å²) in [6, 6.07) is 20.2. The maximum absolute atomic E-state index is 13.2. The zero-order valence-electron chi connectivity index (χ0n) is 16.4. The van der Waals surface area contributed by atoms with Gasteiger partial charge in [0.25, 0.3) is 5.91 Å². The minimum atomic E-state index is -0.0773. The molecule has 2 aromatic heterocycles. The second kappa shape index (κ2) is 8.08. The molecule has 1 aliphatic rings. The molecule has 3 heterocycles. The van der Waals surface area contributed by atoms with Gasteiger partial charge < -0.3 is 4.98 Å². The van der Waals surface area contributed by atoms with E-state index in [1.165, 1.54) is 17.3 Å². The van der Waals surface area contributed by atoms with E-state index in [2.05, 4.69) is 47.2 Å². The number of thioether (sulfide) groups is 1. The van der Waals surface area contributed by atoms with Gasteiger partial charge in [-0.2, -0.15) is 5.10 Å². The smallest absolute Gasteiger partial charge is 0.253 e. The number of aryl methyl sites for hydroxylation is 1. The van der Waals surface area contributed by atoms with Gasteiger partial charge in [0.15, 0.2) is 5.16 Å². The predicted molar refractivity (Wildman–Crippen MR) is 123 cm³/mol. The molecule has 2 aromatic carbocycles. The summed E-state index contributed by atoms with van der Waals surface area (Å²) in [6.07, 6.45) is 0.727. The number of hydrazone groups is 1. The fraction of sp³-hybridized carbons (Fsp3) is 0.174. The summed E-state index contributed by atoms with van der Waals surface area (Å²) in [5.74, 6) is 0.265. The van der Waals surface area contributed by atoms with E-state index in [4.69, 9.17) is 5.10 Å². The van der Waals surface area contributed by atoms with Gasteiger partial charge in [0.1, 0.15) is 0 Å². The van der Waals surface area contributed by atoms with Gasteiger partial charge in [-0.15, -0.1) is 11.3 Å². The molecule has 1 amide bonds. The molecule has 0 radical (unpaired) electrons. The third kappa shape index (κ3) is 3.78. The minimum absolute atomic E-state index is 0.0161. The number of amides is 1. The topological polar surface area (TPSA) is 61.4 Å². The van der Waals surface area contributed by atoms with E-state index in [-0.39, 0.29) is 17.7 Å². The van der Waals surface area contributed by atoms with Crippen molar-refractivity contribution in [3.8, 4) is 0 Å². The highest BCUT2D eigenvalue weighted by Gasteiger charge is 2.33. The highest BCUT2D eigenvalue weighted by molar-refractivity contribution is 7.99. The van der Waals surface area contributed by atoms with Gasteiger partial charge in [0, 0.05) is 6.42 Å². The number of carbonyl (C=O) groups excluding carboxylic acids is 1. The van der Waals surface area contributed by atoms with Crippen LogP contribution in [0.1, 0.15) is 28.5 Å². The molecule has 5 nitrogen and oxygen atoms in total. The lowest BCUT2D eigenvalue weighted by molar-refractivity contribution is -0.130. The highest BCUT2D eigenvalue weighted by atomic mass is 32.2. The Hall–Kier alpha value is -2.90. The van der Waals surface area contributed by atoms with Crippen molar-refractivity contribution in [3.63, 3.8) is 0 Å². The number of para-hydroxylation sites is 2. The van der Waals surface area contributed by atoms with E-state index < -0.39 is 0 Å². The van der Waals surface area contributed by atoms with E-state index in [0.717, 1.165) is 38.8 Å². The van der Waals surface area contributed by atoms with Crippen LogP contribution >= 0.6 is 23.1 Å². The van der Waals surface area contributed by atoms with Crippen molar-refractivity contribution in [2.24, 2.45) is 5.10 Å². The number of fused-ring (bicyclic) bond motifs is 1. The van der Waals surface area contributed by atoms with Crippen molar-refractivity contribution >= 4 is 45.8 Å². The van der Waals surface area contributed by atoms with Crippen LogP contribution in [0.15, 0.2) is 76.3 Å². The standard InChI is InChI=1S/C23H20N4OS2/c1-15-8-10-16(11-9-15)20-13-19(21-7-4-12-29-21)26-27(20)22(28)14-30-23-24-17-5-2-3-6-18(17)25-23/h2-12,20H,13-14H2,1H3,(H,24,25). The summed E-state index contributed by atoms with van der Waals surface area (Å²) in [7, 11) is 0. The number of H-pyrrole nitrogens is 1. The summed E-state index contributed by atoms with van der Waals surface area (Å²) in [4.78, 5) is 22.1. The third-order valence-electron chi connectivity index (χ3n) is 5.13. The Morgan fingerprint density at radius 3 is 2.77 bits per heavy atom. The Morgan fingerprint density at radius 2 is 2.00 bits per heavy atom. The highest BCUT2D eigenvalue weighted by Crippen LogP contribution is 2.34. The van der Waals surface area contributed by atoms with Gasteiger partial charge in [0.05, 0.1) is 33.4 Å². The van der Waals surface area contributed by atoms with Gasteiger partial charge in [-0.1, -0.05) is 59.8 Å². The van der Waals surface area contributed by atoms with Gasteiger partial charge in [0.2, 0.25) is 0 Å². The average molecular weight is 433 g/mol. The summed E-state index contributed by atoms with van der Waals surface area (Å²) in [5, 5.41) is 9.19. The molecule has 150 valence electrons. The number of nitrogens with one attached hydrogen (secondary N) is 1. The summed E-state index contributed by atoms with van der Waals surface area (Å²) in [6.45, 7) is 2.07. The minimum Gasteiger partial charge on any atom is -0.333 e. The SMILES string of the molecule is Cc1ccc(C2CC(c3cccs3)=NN2C(=O)CSc2nc3ccccc3[nH]2)cc1. The Bertz CT molecular complexity index is 1180. The Morgan fingerprint density at radius 1 is 1.17 bits per heavy atom. The molecule has 5 rings (SSSR count). The average Bonchev–Trinajstić information content (AvgIpc) is 3.51. The molecule has 1 unspecified atom stereocenters. The molecule has 0 fully saturated rings. The zero-order valence-corrected chi connectivity index (χ0v) is 18.0. The maximum atomic E-state index is 13.2. The van der Waals surface area contributed by atoms with Crippen molar-refractivity contribution in [1.82, 2.24) is 15.0 Å². The van der Waals surface area contributed by atoms with E-state index in [9.17, 15) is 4.79 Å². The van der Waals surface area contributed by atoms with E-state index in [1.54, 1.807) is 16.3 Å². The van der Waals surface area contributed by atoms with Crippen LogP contribution in [0.4, 0.5) is 0 Å². The van der Waals surface area contributed by atoms with Crippen LogP contribution < -0.4 is 0 Å². The molecule has 0 saturated heterocycles. The molecule has 30 heavy (non-hydrogen) atoms. The lowest BCUT2D eigenvalue weighted by atomic mass is 10.00. The predicted octanol–water partition coefficient (Wildman–Crippen LogP) is 5.40. The molecule has 1 atom stereocenters. The van der Waals surface area contributed by atoms with Crippen LogP contribution in [0.3, 0.4) is 0 Å². The first-order chi connectivity index (χ1) is 14.7. The second-order valence-electron chi connectivity index (χ2n) is 7.24. The molecule has 0 spiro atoms. The van der Waals surface area contributed by atoms with Crippen molar-refractivity contribution in [2.75, 3.05) is 5.75 Å². The van der Waals surface area contributed by atoms with Crippen LogP contribution in [0.5, 0.6) is 0 Å². The molecule has 1 aliphatic heterocycles. The molecule has 0 saturated carbocycles. The normalized spacial score (nSPS) is 16.2. The number of benzene rings is 2. The van der Waals surface area contributed by atoms with Crippen molar-refractivity contribution in [3.05, 3.63) is 82.0 Å². The van der Waals surface area contributed by atoms with Gasteiger partial charge in [-0.3, -0.25) is 4.79 Å². The van der Waals surface area contributed by atoms with Crippen LogP contribution in [0.2, 0.25) is 0 Å². The maximum Gasteiger partial charge on any atom is 0.253 e. The van der Waals surface area contributed by atoms with Crippen LogP contribution in [-0.2, 0) is 4.79 Å². The monoisotopic (exact) mass is 432 g/mol. The van der Waals surface area contributed by atoms with Gasteiger partial charge in [-0.25, -0.2) is 9.99 Å². The zero-order chi connectivity index (χ0) is 20.5. The number of thiophene rings is 1. The largest absolute Gasteiger partial charge is 0.333 e. The lowest BCUT2D eigenvalue weighted by Gasteiger charge is -2.22. The molecule has 7 heteroatoms. The number of hydrogen-bond acceptors (Lipinski definition) is 5. The van der Waals surface area contributed by atoms with E-state index in [1.807, 2.05) is 35.7 Å². The van der Waals surface area contributed by atoms with Crippen molar-refractivity contribution in [2.45, 2.75) is 24.5 Å². The molecule has 1 N–H and O–H groups in total. The molecular formula is C23H20N4OS2. The molecular weight excluding hydrogens is 412 g/mol. The Labute approximate surface area is 182 Å². The Kier molecular flexibility index (Phi) is 5.14. The van der Waals surface area contributed by atoms with Gasteiger partial charge >= 0.3 is 0 Å². The lowest BCUT2D eigenvalue weighted by Crippen LogP contribution is -2.28. The summed E-state index contributed by atoms with van der Waals surface area (Å²) < 4.78 is 0. The van der Waals surface area contributed by atoms with E-state index in [0.29, 0.717) is 0 Å². The number of nitrogens with zero attached hydrogens (tertiary/aromatic N) is 3. The van der Waals surface area contributed by atoms with Crippen LogP contribution in [0, 0.1) is 6.92 Å². The first-order valence-electron chi connectivity index (χ1n) is 9.75. The fourth-order valence-electron chi connectivity index (χ4n) is 3.57. The van der Waals surface area contributed by atoms with E-state index >= 15 is 0 Å². The Balaban J connectivity index is 1.37. The second-order valence-corrected chi connectivity index (χ2v) is 9.15. The molecule has 0 bridgehead atoms. The van der Waals surface area contributed by atoms with Crippen molar-refractivity contribution in [1.29, 1.82) is 0 Å². The number of carbonyl (C=O) groups is 1. The first kappa shape index (κ1) is 19.1. The number of aromatic nitrogens is 2. The van der Waals surface area contributed by atoms with Gasteiger partial charge in [-0.05, 0) is 36.1 Å². The third-order valence-corrected chi connectivity index (χ3v) is 6.91. The van der Waals surface area contributed by atoms with Crippen LogP contribution in [0.25, 0.3) is 11.0 Å². The van der Waals surface area contributed by atoms with Crippen molar-refractivity contribution < 1.29 is 4.79 Å². The fourth-order valence-corrected chi connectivity index (χ4v) is 5.03. The quantitative estimate of drug-likeness (QED) is 0.429. The number of rotatable bonds is 5. The summed E-state index contributed by atoms with van der Waals surface area (Å²) in [5.41, 5.74) is 5.17. The molecule has 4 aromatic rings. The van der Waals surface area contributed by atoms with Crippen LogP contribution in [-0.4, -0.2) is 32.3 Å². The summed E-state index contributed by atoms with van der Waals surface area (Å²) >= 11 is 3.07. The molecule has 0 aliphatic carbocycles. The number of imidazole rings is 1.